The first kappa shape index (κ1) is 18.9. The standard InChI is InChI=1S/C20H22ClNO3S/c1-12-8-13(2)19(15(21)9-12)22-18(23)11-25-20(24)17-10-14-6-4-3-5-7-16(14)26-17/h8-10H,3-7,11H2,1-2H3,(H,22,23). The summed E-state index contributed by atoms with van der Waals surface area (Å²) in [6.07, 6.45) is 5.62. The predicted molar refractivity (Wildman–Crippen MR) is 105 cm³/mol. The number of halogens is 1. The van der Waals surface area contributed by atoms with Gasteiger partial charge in [-0.25, -0.2) is 4.79 Å². The first-order valence-corrected chi connectivity index (χ1v) is 9.99. The van der Waals surface area contributed by atoms with Gasteiger partial charge in [0, 0.05) is 4.88 Å². The maximum absolute atomic E-state index is 12.3. The van der Waals surface area contributed by atoms with Crippen LogP contribution >= 0.6 is 22.9 Å². The molecule has 1 N–H and O–H groups in total. The van der Waals surface area contributed by atoms with Crippen molar-refractivity contribution in [1.29, 1.82) is 0 Å². The lowest BCUT2D eigenvalue weighted by molar-refractivity contribution is -0.119. The SMILES string of the molecule is Cc1cc(C)c(NC(=O)COC(=O)c2cc3c(s2)CCCCC3)c(Cl)c1. The van der Waals surface area contributed by atoms with Crippen LogP contribution in [0.15, 0.2) is 18.2 Å². The van der Waals surface area contributed by atoms with Crippen molar-refractivity contribution in [3.05, 3.63) is 49.7 Å². The summed E-state index contributed by atoms with van der Waals surface area (Å²) in [5, 5.41) is 3.20. The molecule has 1 aliphatic rings. The molecule has 1 aliphatic carbocycles. The zero-order chi connectivity index (χ0) is 18.7. The number of ether oxygens (including phenoxy) is 1. The van der Waals surface area contributed by atoms with Crippen LogP contribution < -0.4 is 5.32 Å². The number of amides is 1. The Hall–Kier alpha value is -1.85. The van der Waals surface area contributed by atoms with Gasteiger partial charge in [-0.2, -0.15) is 0 Å². The van der Waals surface area contributed by atoms with Gasteiger partial charge < -0.3 is 10.1 Å². The molecule has 0 aliphatic heterocycles. The maximum atomic E-state index is 12.3. The fourth-order valence-electron chi connectivity index (χ4n) is 3.22. The molecule has 3 rings (SSSR count). The van der Waals surface area contributed by atoms with Crippen LogP contribution in [0.5, 0.6) is 0 Å². The minimum absolute atomic E-state index is 0.328. The van der Waals surface area contributed by atoms with Gasteiger partial charge in [-0.1, -0.05) is 24.1 Å². The van der Waals surface area contributed by atoms with Crippen molar-refractivity contribution in [1.82, 2.24) is 0 Å². The van der Waals surface area contributed by atoms with Gasteiger partial charge in [0.25, 0.3) is 5.91 Å². The second kappa shape index (κ2) is 8.23. The Morgan fingerprint density at radius 1 is 1.15 bits per heavy atom. The number of anilines is 1. The van der Waals surface area contributed by atoms with Crippen LogP contribution in [0.3, 0.4) is 0 Å². The van der Waals surface area contributed by atoms with Crippen LogP contribution in [0.2, 0.25) is 5.02 Å². The third-order valence-electron chi connectivity index (χ3n) is 4.48. The van der Waals surface area contributed by atoms with E-state index in [9.17, 15) is 9.59 Å². The summed E-state index contributed by atoms with van der Waals surface area (Å²) in [5.41, 5.74) is 3.71. The van der Waals surface area contributed by atoms with Gasteiger partial charge in [-0.3, -0.25) is 4.79 Å². The Labute approximate surface area is 162 Å². The largest absolute Gasteiger partial charge is 0.451 e. The molecule has 26 heavy (non-hydrogen) atoms. The normalized spacial score (nSPS) is 13.7. The highest BCUT2D eigenvalue weighted by molar-refractivity contribution is 7.14. The molecule has 138 valence electrons. The molecule has 1 aromatic heterocycles. The molecule has 0 atom stereocenters. The van der Waals surface area contributed by atoms with Crippen LogP contribution in [0.1, 0.15) is 50.5 Å². The first-order chi connectivity index (χ1) is 12.4. The maximum Gasteiger partial charge on any atom is 0.348 e. The molecule has 6 heteroatoms. The van der Waals surface area contributed by atoms with Crippen molar-refractivity contribution < 1.29 is 14.3 Å². The summed E-state index contributed by atoms with van der Waals surface area (Å²) in [4.78, 5) is 26.3. The average molecular weight is 392 g/mol. The highest BCUT2D eigenvalue weighted by Gasteiger charge is 2.18. The van der Waals surface area contributed by atoms with Gasteiger partial charge in [0.05, 0.1) is 10.7 Å². The summed E-state index contributed by atoms with van der Waals surface area (Å²) in [6, 6.07) is 5.65. The summed E-state index contributed by atoms with van der Waals surface area (Å²) >= 11 is 7.68. The lowest BCUT2D eigenvalue weighted by Gasteiger charge is -2.11. The van der Waals surface area contributed by atoms with E-state index in [1.54, 1.807) is 6.07 Å². The Balaban J connectivity index is 1.59. The lowest BCUT2D eigenvalue weighted by Crippen LogP contribution is -2.21. The van der Waals surface area contributed by atoms with Crippen molar-refractivity contribution in [2.75, 3.05) is 11.9 Å². The van der Waals surface area contributed by atoms with Gasteiger partial charge in [0.2, 0.25) is 0 Å². The number of thiophene rings is 1. The van der Waals surface area contributed by atoms with Crippen LogP contribution in [0.25, 0.3) is 0 Å². The van der Waals surface area contributed by atoms with E-state index < -0.39 is 11.9 Å². The monoisotopic (exact) mass is 391 g/mol. The van der Waals surface area contributed by atoms with Gasteiger partial charge in [-0.05, 0) is 68.4 Å². The zero-order valence-electron chi connectivity index (χ0n) is 15.0. The molecule has 0 bridgehead atoms. The molecule has 0 spiro atoms. The second-order valence-corrected chi connectivity index (χ2v) is 8.23. The number of esters is 1. The topological polar surface area (TPSA) is 55.4 Å². The van der Waals surface area contributed by atoms with Crippen molar-refractivity contribution in [2.45, 2.75) is 46.0 Å². The number of rotatable bonds is 4. The number of hydrogen-bond donors (Lipinski definition) is 1. The minimum Gasteiger partial charge on any atom is -0.451 e. The summed E-state index contributed by atoms with van der Waals surface area (Å²) in [7, 11) is 0. The lowest BCUT2D eigenvalue weighted by atomic mass is 10.1. The smallest absolute Gasteiger partial charge is 0.348 e. The van der Waals surface area contributed by atoms with Crippen LogP contribution in [-0.2, 0) is 22.4 Å². The van der Waals surface area contributed by atoms with Crippen LogP contribution in [0, 0.1) is 13.8 Å². The molecule has 0 saturated heterocycles. The predicted octanol–water partition coefficient (Wildman–Crippen LogP) is 5.08. The number of carbonyl (C=O) groups is 2. The molecule has 1 heterocycles. The number of fused-ring (bicyclic) bond motifs is 1. The van der Waals surface area contributed by atoms with Gasteiger partial charge in [0.1, 0.15) is 4.88 Å². The molecule has 0 saturated carbocycles. The molecule has 0 fully saturated rings. The van der Waals surface area contributed by atoms with E-state index in [2.05, 4.69) is 5.32 Å². The highest BCUT2D eigenvalue weighted by atomic mass is 35.5. The Morgan fingerprint density at radius 3 is 2.69 bits per heavy atom. The van der Waals surface area contributed by atoms with E-state index in [1.807, 2.05) is 26.0 Å². The van der Waals surface area contributed by atoms with E-state index in [1.165, 1.54) is 34.6 Å². The molecule has 1 amide bonds. The second-order valence-electron chi connectivity index (χ2n) is 6.68. The van der Waals surface area contributed by atoms with Gasteiger partial charge in [0.15, 0.2) is 6.61 Å². The molecular formula is C20H22ClNO3S. The van der Waals surface area contributed by atoms with E-state index in [0.29, 0.717) is 15.6 Å². The van der Waals surface area contributed by atoms with E-state index in [0.717, 1.165) is 30.4 Å². The number of nitrogens with one attached hydrogen (secondary N) is 1. The Kier molecular flexibility index (Phi) is 5.99. The Morgan fingerprint density at radius 2 is 1.92 bits per heavy atom. The first-order valence-electron chi connectivity index (χ1n) is 8.79. The summed E-state index contributed by atoms with van der Waals surface area (Å²) < 4.78 is 5.19. The van der Waals surface area contributed by atoms with Crippen molar-refractivity contribution in [3.63, 3.8) is 0 Å². The van der Waals surface area contributed by atoms with E-state index in [-0.39, 0.29) is 6.61 Å². The molecule has 0 unspecified atom stereocenters. The van der Waals surface area contributed by atoms with Gasteiger partial charge in [-0.15, -0.1) is 11.3 Å². The minimum atomic E-state index is -0.440. The molecule has 1 aromatic carbocycles. The van der Waals surface area contributed by atoms with Crippen molar-refractivity contribution in [2.24, 2.45) is 0 Å². The third kappa shape index (κ3) is 4.46. The van der Waals surface area contributed by atoms with Gasteiger partial charge >= 0.3 is 5.97 Å². The van der Waals surface area contributed by atoms with Crippen LogP contribution in [-0.4, -0.2) is 18.5 Å². The van der Waals surface area contributed by atoms with Crippen molar-refractivity contribution in [3.8, 4) is 0 Å². The molecule has 4 nitrogen and oxygen atoms in total. The highest BCUT2D eigenvalue weighted by Crippen LogP contribution is 2.30. The van der Waals surface area contributed by atoms with E-state index in [4.69, 9.17) is 16.3 Å². The Bertz CT molecular complexity index is 797. The van der Waals surface area contributed by atoms with Crippen LogP contribution in [0.4, 0.5) is 5.69 Å². The fraction of sp³-hybridized carbons (Fsp3) is 0.400. The zero-order valence-corrected chi connectivity index (χ0v) is 16.6. The molecular weight excluding hydrogens is 370 g/mol. The third-order valence-corrected chi connectivity index (χ3v) is 5.99. The number of aryl methyl sites for hydroxylation is 4. The molecule has 2 aromatic rings. The van der Waals surface area contributed by atoms with Crippen molar-refractivity contribution >= 4 is 40.5 Å². The summed E-state index contributed by atoms with van der Waals surface area (Å²) in [5.74, 6) is -0.838. The fourth-order valence-corrected chi connectivity index (χ4v) is 4.74. The molecule has 0 radical (unpaired) electrons. The average Bonchev–Trinajstić information content (AvgIpc) is 2.87. The quantitative estimate of drug-likeness (QED) is 0.583. The number of hydrogen-bond acceptors (Lipinski definition) is 4. The summed E-state index contributed by atoms with van der Waals surface area (Å²) in [6.45, 7) is 3.49. The number of benzene rings is 1. The number of carbonyl (C=O) groups excluding carboxylic acids is 2. The van der Waals surface area contributed by atoms with E-state index >= 15 is 0 Å².